The van der Waals surface area contributed by atoms with Crippen LogP contribution in [-0.4, -0.2) is 9.85 Å². The topological polar surface area (TPSA) is 114 Å². The number of diazo groups is 1. The fraction of sp³-hybridized carbons (Fsp3) is 0. The quantitative estimate of drug-likeness (QED) is 0.423. The van der Waals surface area contributed by atoms with E-state index >= 15 is 0 Å². The van der Waals surface area contributed by atoms with Gasteiger partial charge in [0.25, 0.3) is 5.69 Å². The first-order valence-electron chi connectivity index (χ1n) is 3.44. The van der Waals surface area contributed by atoms with Crippen LogP contribution >= 0.6 is 0 Å². The summed E-state index contributed by atoms with van der Waals surface area (Å²) >= 11 is 0. The largest absolute Gasteiger partial charge is 0.496 e. The van der Waals surface area contributed by atoms with Crippen LogP contribution in [0.25, 0.3) is 4.98 Å². The van der Waals surface area contributed by atoms with E-state index in [1.165, 1.54) is 0 Å². The number of hydrogen-bond acceptors (Lipinski definition) is 5. The third-order valence-corrected chi connectivity index (χ3v) is 1.54. The molecule has 0 fully saturated rings. The Kier molecular flexibility index (Phi) is 2.52. The molecule has 0 radical (unpaired) electrons. The van der Waals surface area contributed by atoms with Crippen molar-refractivity contribution < 1.29 is 14.2 Å². The van der Waals surface area contributed by atoms with Crippen molar-refractivity contribution >= 4 is 17.1 Å². The zero-order chi connectivity index (χ0) is 11.6. The first kappa shape index (κ1) is 10.5. The molecule has 1 aromatic carbocycles. The monoisotopic (exact) mass is 213 g/mol. The van der Waals surface area contributed by atoms with Gasteiger partial charge < -0.3 is 0 Å². The van der Waals surface area contributed by atoms with Crippen molar-refractivity contribution in [2.45, 2.75) is 0 Å². The van der Waals surface area contributed by atoms with Gasteiger partial charge in [-0.05, 0) is 0 Å². The number of rotatable bonds is 2. The Bertz CT molecular complexity index is 495. The summed E-state index contributed by atoms with van der Waals surface area (Å²) in [6, 6.07) is 0.945. The van der Waals surface area contributed by atoms with Crippen LogP contribution in [0.4, 0.5) is 21.5 Å². The van der Waals surface area contributed by atoms with E-state index in [-0.39, 0.29) is 0 Å². The molecular formula is C6H2FN4O4+. The average molecular weight is 213 g/mol. The molecule has 8 nitrogen and oxygen atoms in total. The van der Waals surface area contributed by atoms with Gasteiger partial charge in [-0.25, -0.2) is 0 Å². The lowest BCUT2D eigenvalue weighted by Crippen LogP contribution is -1.94. The van der Waals surface area contributed by atoms with Crippen molar-refractivity contribution in [3.05, 3.63) is 43.2 Å². The van der Waals surface area contributed by atoms with Crippen molar-refractivity contribution in [3.8, 4) is 0 Å². The molecule has 1 aromatic rings. The molecule has 0 aromatic heterocycles. The summed E-state index contributed by atoms with van der Waals surface area (Å²) in [7, 11) is 0. The van der Waals surface area contributed by atoms with E-state index in [9.17, 15) is 24.6 Å². The highest BCUT2D eigenvalue weighted by atomic mass is 19.1. The van der Waals surface area contributed by atoms with Gasteiger partial charge in [-0.15, -0.1) is 0 Å². The minimum Gasteiger partial charge on any atom is -0.258 e. The van der Waals surface area contributed by atoms with Gasteiger partial charge in [-0.3, -0.25) is 20.2 Å². The van der Waals surface area contributed by atoms with E-state index in [1.54, 1.807) is 0 Å². The van der Waals surface area contributed by atoms with Crippen LogP contribution < -0.4 is 0 Å². The van der Waals surface area contributed by atoms with Gasteiger partial charge in [0.15, 0.2) is 4.98 Å². The third kappa shape index (κ3) is 1.83. The van der Waals surface area contributed by atoms with Crippen molar-refractivity contribution in [1.29, 1.82) is 5.39 Å². The van der Waals surface area contributed by atoms with Gasteiger partial charge in [0.2, 0.25) is 11.2 Å². The summed E-state index contributed by atoms with van der Waals surface area (Å²) in [6.07, 6.45) is 0. The summed E-state index contributed by atoms with van der Waals surface area (Å²) in [4.78, 5) is 20.9. The van der Waals surface area contributed by atoms with Gasteiger partial charge in [0.05, 0.1) is 15.9 Å². The van der Waals surface area contributed by atoms with E-state index in [0.717, 1.165) is 0 Å². The number of non-ortho nitro benzene ring substituents is 1. The van der Waals surface area contributed by atoms with Gasteiger partial charge in [-0.1, -0.05) is 0 Å². The molecule has 0 aliphatic carbocycles. The summed E-state index contributed by atoms with van der Waals surface area (Å²) in [6.45, 7) is 0. The Labute approximate surface area is 80.9 Å². The fourth-order valence-electron chi connectivity index (χ4n) is 0.914. The highest BCUT2D eigenvalue weighted by Crippen LogP contribution is 2.34. The molecule has 1 rings (SSSR count). The lowest BCUT2D eigenvalue weighted by Gasteiger charge is -1.90. The molecular weight excluding hydrogens is 211 g/mol. The summed E-state index contributed by atoms with van der Waals surface area (Å²) < 4.78 is 13.0. The molecule has 0 N–H and O–H groups in total. The van der Waals surface area contributed by atoms with Gasteiger partial charge >= 0.3 is 11.4 Å². The minimum atomic E-state index is -1.33. The molecule has 0 aliphatic heterocycles. The molecule has 0 atom stereocenters. The maximum atomic E-state index is 13.0. The number of hydrogen-bond donors (Lipinski definition) is 0. The first-order chi connectivity index (χ1) is 6.97. The Morgan fingerprint density at radius 2 is 1.87 bits per heavy atom. The lowest BCUT2D eigenvalue weighted by molar-refractivity contribution is -0.393. The minimum absolute atomic E-state index is 0.433. The van der Waals surface area contributed by atoms with Crippen LogP contribution in [0.2, 0.25) is 0 Å². The molecule has 76 valence electrons. The Morgan fingerprint density at radius 1 is 1.27 bits per heavy atom. The molecule has 0 saturated heterocycles. The van der Waals surface area contributed by atoms with Crippen LogP contribution in [0.5, 0.6) is 0 Å². The maximum Gasteiger partial charge on any atom is 0.496 e. The average Bonchev–Trinajstić information content (AvgIpc) is 2.16. The smallest absolute Gasteiger partial charge is 0.258 e. The number of nitrogens with zero attached hydrogens (tertiary/aromatic N) is 4. The molecule has 0 heterocycles. The summed E-state index contributed by atoms with van der Waals surface area (Å²) in [5.74, 6) is -1.33. The van der Waals surface area contributed by atoms with Crippen LogP contribution in [-0.2, 0) is 0 Å². The van der Waals surface area contributed by atoms with Crippen molar-refractivity contribution in [1.82, 2.24) is 0 Å². The Balaban J connectivity index is 3.54. The van der Waals surface area contributed by atoms with Gasteiger partial charge in [-0.2, -0.15) is 4.39 Å². The molecule has 0 saturated carbocycles. The van der Waals surface area contributed by atoms with Crippen molar-refractivity contribution in [3.63, 3.8) is 0 Å². The molecule has 9 heteroatoms. The first-order valence-corrected chi connectivity index (χ1v) is 3.44. The standard InChI is InChI=1S/C6H2FN4O4/c7-4-1-3(10(12)13)2-5(11(14)15)6(4)9-8/h1-2H/q+1. The zero-order valence-corrected chi connectivity index (χ0v) is 6.95. The number of benzene rings is 1. The molecule has 0 aliphatic rings. The second-order valence-corrected chi connectivity index (χ2v) is 2.41. The van der Waals surface area contributed by atoms with Gasteiger partial charge in [0.1, 0.15) is 6.07 Å². The second kappa shape index (κ2) is 3.62. The van der Waals surface area contributed by atoms with Gasteiger partial charge in [0, 0.05) is 0 Å². The van der Waals surface area contributed by atoms with Crippen molar-refractivity contribution in [2.75, 3.05) is 0 Å². The van der Waals surface area contributed by atoms with Crippen LogP contribution in [0.1, 0.15) is 0 Å². The predicted molar refractivity (Wildman–Crippen MR) is 44.5 cm³/mol. The normalized spacial score (nSPS) is 9.33. The Hall–Kier alpha value is -2.63. The summed E-state index contributed by atoms with van der Waals surface area (Å²) in [5, 5.41) is 28.9. The lowest BCUT2D eigenvalue weighted by atomic mass is 10.2. The molecule has 0 bridgehead atoms. The molecule has 15 heavy (non-hydrogen) atoms. The highest BCUT2D eigenvalue weighted by molar-refractivity contribution is 5.66. The van der Waals surface area contributed by atoms with Crippen LogP contribution in [0.15, 0.2) is 12.1 Å². The van der Waals surface area contributed by atoms with E-state index in [4.69, 9.17) is 5.39 Å². The van der Waals surface area contributed by atoms with E-state index in [2.05, 4.69) is 4.98 Å². The molecule has 0 amide bonds. The number of halogens is 1. The zero-order valence-electron chi connectivity index (χ0n) is 6.95. The van der Waals surface area contributed by atoms with Crippen LogP contribution in [0.3, 0.4) is 0 Å². The predicted octanol–water partition coefficient (Wildman–Crippen LogP) is 2.13. The number of nitro groups is 2. The Morgan fingerprint density at radius 3 is 2.27 bits per heavy atom. The number of nitro benzene ring substituents is 2. The fourth-order valence-corrected chi connectivity index (χ4v) is 0.914. The van der Waals surface area contributed by atoms with E-state index < -0.39 is 32.7 Å². The SMILES string of the molecule is N#[N+]c1c(F)cc([N+](=O)[O-])cc1[N+](=O)[O-]. The highest BCUT2D eigenvalue weighted by Gasteiger charge is 2.34. The molecule has 0 unspecified atom stereocenters. The van der Waals surface area contributed by atoms with Crippen LogP contribution in [0, 0.1) is 31.4 Å². The second-order valence-electron chi connectivity index (χ2n) is 2.41. The summed E-state index contributed by atoms with van der Waals surface area (Å²) in [5.41, 5.74) is -2.69. The van der Waals surface area contributed by atoms with Crippen molar-refractivity contribution in [2.24, 2.45) is 0 Å². The third-order valence-electron chi connectivity index (χ3n) is 1.54. The molecule has 0 spiro atoms. The maximum absolute atomic E-state index is 13.0. The van der Waals surface area contributed by atoms with E-state index in [1.807, 2.05) is 0 Å². The van der Waals surface area contributed by atoms with E-state index in [0.29, 0.717) is 12.1 Å².